The van der Waals surface area contributed by atoms with Gasteiger partial charge in [-0.3, -0.25) is 4.90 Å². The van der Waals surface area contributed by atoms with Gasteiger partial charge < -0.3 is 10.8 Å². The van der Waals surface area contributed by atoms with E-state index < -0.39 is 0 Å². The highest BCUT2D eigenvalue weighted by Crippen LogP contribution is 2.29. The molecule has 0 radical (unpaired) electrons. The van der Waals surface area contributed by atoms with Gasteiger partial charge in [-0.15, -0.1) is 0 Å². The van der Waals surface area contributed by atoms with E-state index in [0.29, 0.717) is 12.5 Å². The lowest BCUT2D eigenvalue weighted by molar-refractivity contribution is 0.0693. The molecule has 1 aromatic rings. The summed E-state index contributed by atoms with van der Waals surface area (Å²) in [5.74, 6) is 0.654. The Balaban J connectivity index is 2.11. The molecule has 0 spiro atoms. The first-order valence-electron chi connectivity index (χ1n) is 6.79. The molecule has 1 heterocycles. The van der Waals surface area contributed by atoms with Crippen LogP contribution in [0, 0.1) is 11.8 Å². The minimum Gasteiger partial charge on any atom is -0.391 e. The molecule has 0 aromatic heterocycles. The van der Waals surface area contributed by atoms with Crippen molar-refractivity contribution in [3.05, 3.63) is 35.9 Å². The van der Waals surface area contributed by atoms with Crippen LogP contribution in [0.5, 0.6) is 0 Å². The number of likely N-dealkylation sites (tertiary alicyclic amines) is 1. The van der Waals surface area contributed by atoms with Crippen LogP contribution in [-0.4, -0.2) is 35.2 Å². The van der Waals surface area contributed by atoms with Gasteiger partial charge in [-0.1, -0.05) is 44.2 Å². The summed E-state index contributed by atoms with van der Waals surface area (Å²) in [4.78, 5) is 2.38. The molecule has 3 N–H and O–H groups in total. The van der Waals surface area contributed by atoms with Crippen LogP contribution in [0.15, 0.2) is 30.3 Å². The van der Waals surface area contributed by atoms with Crippen molar-refractivity contribution in [2.24, 2.45) is 17.6 Å². The summed E-state index contributed by atoms with van der Waals surface area (Å²) in [6.45, 7) is 6.71. The Morgan fingerprint density at radius 3 is 2.56 bits per heavy atom. The van der Waals surface area contributed by atoms with Crippen LogP contribution in [0.3, 0.4) is 0 Å². The zero-order valence-corrected chi connectivity index (χ0v) is 11.3. The molecule has 1 saturated heterocycles. The Bertz CT molecular complexity index is 366. The van der Waals surface area contributed by atoms with Gasteiger partial charge in [0.1, 0.15) is 0 Å². The predicted octanol–water partition coefficient (Wildman–Crippen LogP) is 1.46. The molecule has 1 aliphatic heterocycles. The van der Waals surface area contributed by atoms with Gasteiger partial charge in [0.25, 0.3) is 0 Å². The number of nitrogens with two attached hydrogens (primary N) is 1. The summed E-state index contributed by atoms with van der Waals surface area (Å²) in [7, 11) is 0. The van der Waals surface area contributed by atoms with Crippen LogP contribution in [-0.2, 0) is 6.54 Å². The molecule has 3 nitrogen and oxygen atoms in total. The monoisotopic (exact) mass is 248 g/mol. The average Bonchev–Trinajstić information content (AvgIpc) is 2.66. The van der Waals surface area contributed by atoms with Gasteiger partial charge in [0, 0.05) is 25.0 Å². The molecule has 3 unspecified atom stereocenters. The lowest BCUT2D eigenvalue weighted by Crippen LogP contribution is -2.39. The van der Waals surface area contributed by atoms with Crippen LogP contribution in [0.2, 0.25) is 0 Å². The Morgan fingerprint density at radius 2 is 2.00 bits per heavy atom. The molecule has 0 amide bonds. The third-order valence-corrected chi connectivity index (χ3v) is 3.94. The van der Waals surface area contributed by atoms with Crippen LogP contribution in [0.25, 0.3) is 0 Å². The van der Waals surface area contributed by atoms with Crippen molar-refractivity contribution in [2.45, 2.75) is 32.5 Å². The number of rotatable bonds is 4. The fourth-order valence-electron chi connectivity index (χ4n) is 3.04. The van der Waals surface area contributed by atoms with Gasteiger partial charge in [-0.05, 0) is 18.0 Å². The third kappa shape index (κ3) is 2.74. The first-order valence-corrected chi connectivity index (χ1v) is 6.79. The van der Waals surface area contributed by atoms with E-state index in [1.165, 1.54) is 5.56 Å². The quantitative estimate of drug-likeness (QED) is 0.848. The number of hydrogen-bond acceptors (Lipinski definition) is 3. The van der Waals surface area contributed by atoms with Crippen molar-refractivity contribution >= 4 is 0 Å². The standard InChI is InChI=1S/C15H24N2O/c1-11(2)14-15(18)13(8-16)10-17(14)9-12-6-4-3-5-7-12/h3-7,11,13-15,18H,8-10,16H2,1-2H3. The van der Waals surface area contributed by atoms with E-state index in [4.69, 9.17) is 5.73 Å². The summed E-state index contributed by atoms with van der Waals surface area (Å²) < 4.78 is 0. The summed E-state index contributed by atoms with van der Waals surface area (Å²) in [5, 5.41) is 10.3. The Hall–Kier alpha value is -0.900. The molecule has 0 saturated carbocycles. The average molecular weight is 248 g/mol. The van der Waals surface area contributed by atoms with Crippen LogP contribution < -0.4 is 5.73 Å². The summed E-state index contributed by atoms with van der Waals surface area (Å²) in [6.07, 6.45) is -0.293. The van der Waals surface area contributed by atoms with Crippen LogP contribution in [0.4, 0.5) is 0 Å². The number of benzene rings is 1. The van der Waals surface area contributed by atoms with Gasteiger partial charge >= 0.3 is 0 Å². The molecule has 2 rings (SSSR count). The lowest BCUT2D eigenvalue weighted by Gasteiger charge is -2.29. The molecular formula is C15H24N2O. The van der Waals surface area contributed by atoms with Gasteiger partial charge in [-0.2, -0.15) is 0 Å². The summed E-state index contributed by atoms with van der Waals surface area (Å²) >= 11 is 0. The Labute approximate surface area is 110 Å². The Morgan fingerprint density at radius 1 is 1.33 bits per heavy atom. The second-order valence-corrected chi connectivity index (χ2v) is 5.64. The van der Waals surface area contributed by atoms with Crippen molar-refractivity contribution < 1.29 is 5.11 Å². The number of nitrogens with zero attached hydrogens (tertiary/aromatic N) is 1. The van der Waals surface area contributed by atoms with E-state index in [9.17, 15) is 5.11 Å². The van der Waals surface area contributed by atoms with Crippen LogP contribution in [0.1, 0.15) is 19.4 Å². The molecule has 0 aliphatic carbocycles. The second kappa shape index (κ2) is 5.83. The zero-order chi connectivity index (χ0) is 13.1. The van der Waals surface area contributed by atoms with Crippen molar-refractivity contribution in [1.82, 2.24) is 4.90 Å². The molecular weight excluding hydrogens is 224 g/mol. The maximum absolute atomic E-state index is 10.3. The SMILES string of the molecule is CC(C)C1C(O)C(CN)CN1Cc1ccccc1. The number of hydrogen-bond donors (Lipinski definition) is 2. The lowest BCUT2D eigenvalue weighted by atomic mass is 9.94. The van der Waals surface area contributed by atoms with Gasteiger partial charge in [0.15, 0.2) is 0 Å². The summed E-state index contributed by atoms with van der Waals surface area (Å²) in [6, 6.07) is 10.7. The molecule has 100 valence electrons. The maximum atomic E-state index is 10.3. The highest BCUT2D eigenvalue weighted by molar-refractivity contribution is 5.15. The molecule has 1 fully saturated rings. The first kappa shape index (κ1) is 13.5. The smallest absolute Gasteiger partial charge is 0.0750 e. The van der Waals surface area contributed by atoms with E-state index in [2.05, 4.69) is 43.0 Å². The molecule has 18 heavy (non-hydrogen) atoms. The Kier molecular flexibility index (Phi) is 4.38. The molecule has 1 aromatic carbocycles. The number of aliphatic hydroxyl groups excluding tert-OH is 1. The van der Waals surface area contributed by atoms with E-state index in [0.717, 1.165) is 13.1 Å². The molecule has 3 atom stereocenters. The normalized spacial score (nSPS) is 29.1. The predicted molar refractivity (Wildman–Crippen MR) is 74.0 cm³/mol. The van der Waals surface area contributed by atoms with E-state index in [1.54, 1.807) is 0 Å². The van der Waals surface area contributed by atoms with Crippen molar-refractivity contribution in [3.63, 3.8) is 0 Å². The van der Waals surface area contributed by atoms with Gasteiger partial charge in [0.2, 0.25) is 0 Å². The van der Waals surface area contributed by atoms with E-state index in [1.807, 2.05) is 6.07 Å². The van der Waals surface area contributed by atoms with Gasteiger partial charge in [-0.25, -0.2) is 0 Å². The number of aliphatic hydroxyl groups is 1. The largest absolute Gasteiger partial charge is 0.391 e. The van der Waals surface area contributed by atoms with Crippen molar-refractivity contribution in [2.75, 3.05) is 13.1 Å². The molecule has 0 bridgehead atoms. The zero-order valence-electron chi connectivity index (χ0n) is 11.3. The second-order valence-electron chi connectivity index (χ2n) is 5.64. The highest BCUT2D eigenvalue weighted by atomic mass is 16.3. The fraction of sp³-hybridized carbons (Fsp3) is 0.600. The van der Waals surface area contributed by atoms with Gasteiger partial charge in [0.05, 0.1) is 6.10 Å². The molecule has 3 heteroatoms. The minimum absolute atomic E-state index is 0.209. The van der Waals surface area contributed by atoms with E-state index >= 15 is 0 Å². The first-order chi connectivity index (χ1) is 8.63. The van der Waals surface area contributed by atoms with Crippen LogP contribution >= 0.6 is 0 Å². The van der Waals surface area contributed by atoms with E-state index in [-0.39, 0.29) is 18.1 Å². The van der Waals surface area contributed by atoms with Crippen molar-refractivity contribution in [1.29, 1.82) is 0 Å². The maximum Gasteiger partial charge on any atom is 0.0750 e. The topological polar surface area (TPSA) is 49.5 Å². The fourth-order valence-corrected chi connectivity index (χ4v) is 3.04. The van der Waals surface area contributed by atoms with Crippen molar-refractivity contribution in [3.8, 4) is 0 Å². The summed E-state index contributed by atoms with van der Waals surface area (Å²) in [5.41, 5.74) is 7.05. The highest BCUT2D eigenvalue weighted by Gasteiger charge is 2.41. The molecule has 1 aliphatic rings. The minimum atomic E-state index is -0.293. The third-order valence-electron chi connectivity index (χ3n) is 3.94.